The Bertz CT molecular complexity index is 1380. The number of ether oxygens (including phenoxy) is 3. The smallest absolute Gasteiger partial charge is 0.439 e. The topological polar surface area (TPSA) is 98.3 Å². The van der Waals surface area contributed by atoms with Crippen LogP contribution in [0.5, 0.6) is 0 Å². The van der Waals surface area contributed by atoms with Gasteiger partial charge in [-0.1, -0.05) is 30.3 Å². The second-order valence-corrected chi connectivity index (χ2v) is 11.9. The van der Waals surface area contributed by atoms with Crippen molar-refractivity contribution in [1.29, 1.82) is 0 Å². The lowest BCUT2D eigenvalue weighted by Crippen LogP contribution is -2.56. The van der Waals surface area contributed by atoms with E-state index in [1.807, 2.05) is 30.3 Å². The number of esters is 1. The molecular formula is C31H37N3O6. The summed E-state index contributed by atoms with van der Waals surface area (Å²) in [5, 5.41) is 3.70. The molecule has 3 aromatic rings. The van der Waals surface area contributed by atoms with Crippen molar-refractivity contribution in [2.24, 2.45) is 0 Å². The Balaban J connectivity index is 1.96. The quantitative estimate of drug-likeness (QED) is 0.186. The average Bonchev–Trinajstić information content (AvgIpc) is 3.71. The van der Waals surface area contributed by atoms with E-state index < -0.39 is 35.4 Å². The average molecular weight is 548 g/mol. The summed E-state index contributed by atoms with van der Waals surface area (Å²) in [7, 11) is 1.27. The van der Waals surface area contributed by atoms with E-state index in [0.717, 1.165) is 34.2 Å². The maximum Gasteiger partial charge on any atom is 0.439 e. The van der Waals surface area contributed by atoms with Gasteiger partial charge in [-0.25, -0.2) is 14.4 Å². The molecule has 0 spiro atoms. The summed E-state index contributed by atoms with van der Waals surface area (Å²) in [6.07, 6.45) is 3.49. The van der Waals surface area contributed by atoms with Crippen molar-refractivity contribution in [2.75, 3.05) is 12.1 Å². The van der Waals surface area contributed by atoms with Gasteiger partial charge in [-0.2, -0.15) is 0 Å². The molecule has 0 radical (unpaired) electrons. The fourth-order valence-electron chi connectivity index (χ4n) is 4.34. The first kappa shape index (κ1) is 28.9. The molecule has 0 aliphatic heterocycles. The lowest BCUT2D eigenvalue weighted by molar-refractivity contribution is -0.143. The zero-order valence-corrected chi connectivity index (χ0v) is 24.1. The zero-order valence-electron chi connectivity index (χ0n) is 24.1. The number of hydrazine groups is 1. The molecule has 1 aliphatic carbocycles. The SMILES string of the molecule is COC(=O)C(c1cccc(C2CC2)c1)N(c1ccc2cnccc2c1)N(C(=O)OC(C)(C)C)C(=O)OC(C)(C)C. The molecule has 1 aromatic heterocycles. The van der Waals surface area contributed by atoms with Gasteiger partial charge < -0.3 is 14.2 Å². The molecule has 1 aliphatic rings. The molecule has 0 bridgehead atoms. The van der Waals surface area contributed by atoms with Gasteiger partial charge in [-0.3, -0.25) is 9.99 Å². The van der Waals surface area contributed by atoms with Crippen molar-refractivity contribution in [2.45, 2.75) is 77.5 Å². The normalized spacial score (nSPS) is 14.3. The Morgan fingerprint density at radius 1 is 0.875 bits per heavy atom. The van der Waals surface area contributed by atoms with Crippen LogP contribution < -0.4 is 5.01 Å². The Hall–Kier alpha value is -4.14. The summed E-state index contributed by atoms with van der Waals surface area (Å²) in [6.45, 7) is 10.2. The van der Waals surface area contributed by atoms with Crippen molar-refractivity contribution in [3.8, 4) is 0 Å². The molecule has 2 amide bonds. The first-order valence-electron chi connectivity index (χ1n) is 13.3. The van der Waals surface area contributed by atoms with Gasteiger partial charge in [-0.05, 0) is 95.0 Å². The molecular weight excluding hydrogens is 510 g/mol. The van der Waals surface area contributed by atoms with Crippen molar-refractivity contribution in [3.05, 3.63) is 72.1 Å². The van der Waals surface area contributed by atoms with Crippen molar-refractivity contribution in [1.82, 2.24) is 9.99 Å². The number of benzene rings is 2. The van der Waals surface area contributed by atoms with E-state index in [1.165, 1.54) is 12.1 Å². The number of carbonyl (C=O) groups excluding carboxylic acids is 3. The van der Waals surface area contributed by atoms with Gasteiger partial charge in [0, 0.05) is 17.8 Å². The summed E-state index contributed by atoms with van der Waals surface area (Å²) >= 11 is 0. The molecule has 1 saturated carbocycles. The molecule has 0 N–H and O–H groups in total. The number of carbonyl (C=O) groups is 3. The van der Waals surface area contributed by atoms with E-state index in [-0.39, 0.29) is 0 Å². The van der Waals surface area contributed by atoms with E-state index >= 15 is 0 Å². The first-order chi connectivity index (χ1) is 18.8. The molecule has 9 heteroatoms. The van der Waals surface area contributed by atoms with Crippen LogP contribution in [-0.2, 0) is 19.0 Å². The van der Waals surface area contributed by atoms with Crippen LogP contribution in [0.2, 0.25) is 0 Å². The van der Waals surface area contributed by atoms with Gasteiger partial charge in [-0.15, -0.1) is 5.01 Å². The summed E-state index contributed by atoms with van der Waals surface area (Å²) in [4.78, 5) is 45.4. The van der Waals surface area contributed by atoms with E-state index in [9.17, 15) is 14.4 Å². The highest BCUT2D eigenvalue weighted by molar-refractivity contribution is 5.94. The Kier molecular flexibility index (Phi) is 8.05. The van der Waals surface area contributed by atoms with Crippen LogP contribution in [0.4, 0.5) is 15.3 Å². The minimum atomic E-state index is -1.22. The Morgan fingerprint density at radius 2 is 1.52 bits per heavy atom. The van der Waals surface area contributed by atoms with Crippen LogP contribution in [0.1, 0.15) is 77.5 Å². The van der Waals surface area contributed by atoms with Crippen LogP contribution in [0.25, 0.3) is 10.8 Å². The fraction of sp³-hybridized carbons (Fsp3) is 0.419. The highest BCUT2D eigenvalue weighted by Crippen LogP contribution is 2.42. The molecule has 1 unspecified atom stereocenters. The molecule has 1 fully saturated rings. The maximum atomic E-state index is 13.8. The third kappa shape index (κ3) is 6.89. The number of methoxy groups -OCH3 is 1. The summed E-state index contributed by atoms with van der Waals surface area (Å²) in [6, 6.07) is 13.5. The van der Waals surface area contributed by atoms with Gasteiger partial charge in [0.15, 0.2) is 6.04 Å². The summed E-state index contributed by atoms with van der Waals surface area (Å²) in [5.74, 6) is -0.257. The van der Waals surface area contributed by atoms with Gasteiger partial charge >= 0.3 is 18.2 Å². The lowest BCUT2D eigenvalue weighted by Gasteiger charge is -2.40. The predicted molar refractivity (Wildman–Crippen MR) is 152 cm³/mol. The highest BCUT2D eigenvalue weighted by Gasteiger charge is 2.43. The number of nitrogens with zero attached hydrogens (tertiary/aromatic N) is 3. The summed E-state index contributed by atoms with van der Waals surface area (Å²) in [5.41, 5.74) is 0.137. The third-order valence-corrected chi connectivity index (χ3v) is 6.18. The molecule has 4 rings (SSSR count). The van der Waals surface area contributed by atoms with E-state index in [0.29, 0.717) is 17.2 Å². The highest BCUT2D eigenvalue weighted by atomic mass is 16.6. The zero-order chi connectivity index (χ0) is 29.2. The minimum Gasteiger partial charge on any atom is -0.467 e. The Labute approximate surface area is 235 Å². The van der Waals surface area contributed by atoms with Gasteiger partial charge in [0.1, 0.15) is 11.2 Å². The van der Waals surface area contributed by atoms with Gasteiger partial charge in [0.2, 0.25) is 0 Å². The van der Waals surface area contributed by atoms with Gasteiger partial charge in [0.05, 0.1) is 12.8 Å². The molecule has 40 heavy (non-hydrogen) atoms. The Morgan fingerprint density at radius 3 is 2.10 bits per heavy atom. The number of amides is 2. The van der Waals surface area contributed by atoms with Crippen LogP contribution in [0.15, 0.2) is 60.9 Å². The number of rotatable bonds is 6. The summed E-state index contributed by atoms with van der Waals surface area (Å²) < 4.78 is 16.6. The van der Waals surface area contributed by atoms with Crippen molar-refractivity contribution >= 4 is 34.6 Å². The number of pyridine rings is 1. The number of hydrogen-bond acceptors (Lipinski definition) is 8. The monoisotopic (exact) mass is 547 g/mol. The van der Waals surface area contributed by atoms with Crippen LogP contribution in [0, 0.1) is 0 Å². The number of imide groups is 1. The van der Waals surface area contributed by atoms with Crippen molar-refractivity contribution in [3.63, 3.8) is 0 Å². The number of hydrogen-bond donors (Lipinski definition) is 0. The van der Waals surface area contributed by atoms with Crippen LogP contribution >= 0.6 is 0 Å². The fourth-order valence-corrected chi connectivity index (χ4v) is 4.34. The second-order valence-electron chi connectivity index (χ2n) is 11.9. The largest absolute Gasteiger partial charge is 0.467 e. The third-order valence-electron chi connectivity index (χ3n) is 6.18. The molecule has 1 atom stereocenters. The van der Waals surface area contributed by atoms with Crippen LogP contribution in [0.3, 0.4) is 0 Å². The van der Waals surface area contributed by atoms with Crippen LogP contribution in [-0.4, -0.2) is 46.5 Å². The lowest BCUT2D eigenvalue weighted by atomic mass is 10.0. The molecule has 9 nitrogen and oxygen atoms in total. The molecule has 0 saturated heterocycles. The van der Waals surface area contributed by atoms with Gasteiger partial charge in [0.25, 0.3) is 0 Å². The molecule has 212 valence electrons. The number of fused-ring (bicyclic) bond motifs is 1. The predicted octanol–water partition coefficient (Wildman–Crippen LogP) is 6.92. The standard InChI is InChI=1S/C31H37N3O6/c1-30(2,3)39-28(36)34(29(37)40-31(4,5)6)33(25-14-13-24-19-32-16-15-22(24)18-25)26(27(35)38-7)23-10-8-9-21(17-23)20-11-12-20/h8-10,13-20,26H,11-12H2,1-7H3. The van der Waals surface area contributed by atoms with E-state index in [1.54, 1.807) is 72.1 Å². The second kappa shape index (κ2) is 11.2. The van der Waals surface area contributed by atoms with E-state index in [2.05, 4.69) is 4.98 Å². The number of anilines is 1. The molecule has 1 heterocycles. The van der Waals surface area contributed by atoms with E-state index in [4.69, 9.17) is 14.2 Å². The molecule has 2 aromatic carbocycles. The first-order valence-corrected chi connectivity index (χ1v) is 13.3. The minimum absolute atomic E-state index is 0.377. The number of aromatic nitrogens is 1. The maximum absolute atomic E-state index is 13.8. The van der Waals surface area contributed by atoms with Crippen molar-refractivity contribution < 1.29 is 28.6 Å².